The highest BCUT2D eigenvalue weighted by Crippen LogP contribution is 2.23. The lowest BCUT2D eigenvalue weighted by molar-refractivity contribution is -0.118. The van der Waals surface area contributed by atoms with Crippen molar-refractivity contribution >= 4 is 45.1 Å². The van der Waals surface area contributed by atoms with Crippen LogP contribution in [0.3, 0.4) is 0 Å². The summed E-state index contributed by atoms with van der Waals surface area (Å²) in [6.07, 6.45) is 1.44. The summed E-state index contributed by atoms with van der Waals surface area (Å²) in [7, 11) is -3.90. The first-order valence-corrected chi connectivity index (χ1v) is 11.8. The number of rotatable bonds is 8. The maximum atomic E-state index is 12.2. The Kier molecular flexibility index (Phi) is 6.52. The quantitative estimate of drug-likeness (QED) is 0.181. The molecule has 3 aromatic carbocycles. The molecule has 0 aliphatic carbocycles. The second-order valence-corrected chi connectivity index (χ2v) is 8.92. The average molecular weight is 468 g/mol. The third-order valence-corrected chi connectivity index (χ3v) is 6.21. The number of hydrogen-bond acceptors (Lipinski definition) is 8. The Morgan fingerprint density at radius 1 is 1.03 bits per heavy atom. The standard InChI is InChI=1S/C22H17N3O5S2/c26-21(15-31-22-24-19-8-4-5-9-20(19)29-22)25-23-14-16-10-12-17(13-11-16)30-32(27,28)18-6-2-1-3-7-18/h1-14H,15H2,(H,25,26)/b23-14-. The van der Waals surface area contributed by atoms with Crippen LogP contribution in [0.4, 0.5) is 0 Å². The van der Waals surface area contributed by atoms with Crippen molar-refractivity contribution in [1.82, 2.24) is 10.4 Å². The van der Waals surface area contributed by atoms with E-state index in [4.69, 9.17) is 8.60 Å². The van der Waals surface area contributed by atoms with Gasteiger partial charge in [0.05, 0.1) is 12.0 Å². The van der Waals surface area contributed by atoms with Crippen LogP contribution in [0.5, 0.6) is 5.75 Å². The van der Waals surface area contributed by atoms with E-state index in [-0.39, 0.29) is 22.3 Å². The minimum absolute atomic E-state index is 0.0732. The van der Waals surface area contributed by atoms with Crippen molar-refractivity contribution in [2.45, 2.75) is 10.1 Å². The van der Waals surface area contributed by atoms with Crippen LogP contribution < -0.4 is 9.61 Å². The van der Waals surface area contributed by atoms with Crippen LogP contribution in [0.1, 0.15) is 5.56 Å². The zero-order chi connectivity index (χ0) is 22.4. The fourth-order valence-electron chi connectivity index (χ4n) is 2.62. The molecule has 0 atom stereocenters. The minimum atomic E-state index is -3.90. The highest BCUT2D eigenvalue weighted by molar-refractivity contribution is 7.99. The summed E-state index contributed by atoms with van der Waals surface area (Å²) in [5, 5.41) is 4.31. The highest BCUT2D eigenvalue weighted by Gasteiger charge is 2.15. The van der Waals surface area contributed by atoms with Crippen LogP contribution in [0.25, 0.3) is 11.1 Å². The van der Waals surface area contributed by atoms with Gasteiger partial charge in [0.25, 0.3) is 11.1 Å². The number of carbonyl (C=O) groups is 1. The van der Waals surface area contributed by atoms with Crippen LogP contribution in [-0.2, 0) is 14.9 Å². The largest absolute Gasteiger partial charge is 0.431 e. The Morgan fingerprint density at radius 3 is 2.50 bits per heavy atom. The summed E-state index contributed by atoms with van der Waals surface area (Å²) < 4.78 is 35.1. The lowest BCUT2D eigenvalue weighted by atomic mass is 10.2. The Balaban J connectivity index is 1.27. The van der Waals surface area contributed by atoms with Gasteiger partial charge in [-0.2, -0.15) is 13.5 Å². The van der Waals surface area contributed by atoms with E-state index in [1.807, 2.05) is 24.3 Å². The van der Waals surface area contributed by atoms with Crippen LogP contribution in [0, 0.1) is 0 Å². The molecular weight excluding hydrogens is 450 g/mol. The lowest BCUT2D eigenvalue weighted by Crippen LogP contribution is -2.19. The minimum Gasteiger partial charge on any atom is -0.431 e. The summed E-state index contributed by atoms with van der Waals surface area (Å²) in [6.45, 7) is 0. The molecule has 1 aromatic heterocycles. The summed E-state index contributed by atoms with van der Waals surface area (Å²) >= 11 is 1.17. The van der Waals surface area contributed by atoms with E-state index in [0.29, 0.717) is 16.4 Å². The number of para-hydroxylation sites is 2. The van der Waals surface area contributed by atoms with Crippen molar-refractivity contribution in [3.8, 4) is 5.75 Å². The predicted molar refractivity (Wildman–Crippen MR) is 121 cm³/mol. The average Bonchev–Trinajstić information content (AvgIpc) is 3.22. The number of oxazole rings is 1. The summed E-state index contributed by atoms with van der Waals surface area (Å²) in [5.41, 5.74) is 4.47. The Morgan fingerprint density at radius 2 is 1.75 bits per heavy atom. The number of thioether (sulfide) groups is 1. The van der Waals surface area contributed by atoms with E-state index in [9.17, 15) is 13.2 Å². The molecule has 0 spiro atoms. The monoisotopic (exact) mass is 467 g/mol. The Bertz CT molecular complexity index is 1320. The number of hydrogen-bond donors (Lipinski definition) is 1. The van der Waals surface area contributed by atoms with Gasteiger partial charge >= 0.3 is 10.1 Å². The number of benzene rings is 3. The summed E-state index contributed by atoms with van der Waals surface area (Å²) in [4.78, 5) is 16.3. The second-order valence-electron chi connectivity index (χ2n) is 6.45. The van der Waals surface area contributed by atoms with Crippen molar-refractivity contribution in [1.29, 1.82) is 0 Å². The molecule has 4 rings (SSSR count). The first-order chi connectivity index (χ1) is 15.5. The molecule has 0 saturated carbocycles. The molecule has 0 aliphatic heterocycles. The smallest absolute Gasteiger partial charge is 0.339 e. The number of fused-ring (bicyclic) bond motifs is 1. The van der Waals surface area contributed by atoms with Crippen molar-refractivity contribution in [2.24, 2.45) is 5.10 Å². The lowest BCUT2D eigenvalue weighted by Gasteiger charge is -2.06. The molecule has 0 radical (unpaired) electrons. The van der Waals surface area contributed by atoms with Gasteiger partial charge in [0.1, 0.15) is 16.2 Å². The first-order valence-electron chi connectivity index (χ1n) is 9.39. The van der Waals surface area contributed by atoms with E-state index in [1.54, 1.807) is 30.3 Å². The highest BCUT2D eigenvalue weighted by atomic mass is 32.2. The molecule has 10 heteroatoms. The van der Waals surface area contributed by atoms with Crippen molar-refractivity contribution in [3.05, 3.63) is 84.4 Å². The second kappa shape index (κ2) is 9.67. The molecule has 32 heavy (non-hydrogen) atoms. The SMILES string of the molecule is O=C(CSc1nc2ccccc2o1)N/N=C\c1ccc(OS(=O)(=O)c2ccccc2)cc1. The Labute approximate surface area is 188 Å². The molecule has 1 heterocycles. The Hall–Kier alpha value is -3.63. The summed E-state index contributed by atoms with van der Waals surface area (Å²) in [6, 6.07) is 21.5. The van der Waals surface area contributed by atoms with Gasteiger partial charge in [-0.3, -0.25) is 4.79 Å². The first kappa shape index (κ1) is 21.6. The molecule has 4 aromatic rings. The third kappa shape index (κ3) is 5.54. The van der Waals surface area contributed by atoms with E-state index in [0.717, 1.165) is 5.52 Å². The molecule has 162 valence electrons. The number of hydrazone groups is 1. The van der Waals surface area contributed by atoms with Gasteiger partial charge in [0, 0.05) is 0 Å². The van der Waals surface area contributed by atoms with Crippen molar-refractivity contribution in [3.63, 3.8) is 0 Å². The molecule has 0 bridgehead atoms. The molecular formula is C22H17N3O5S2. The van der Waals surface area contributed by atoms with Gasteiger partial charge in [-0.25, -0.2) is 10.4 Å². The molecule has 0 fully saturated rings. The number of nitrogens with one attached hydrogen (secondary N) is 1. The van der Waals surface area contributed by atoms with Gasteiger partial charge in [0.2, 0.25) is 0 Å². The predicted octanol–water partition coefficient (Wildman–Crippen LogP) is 3.84. The van der Waals surface area contributed by atoms with Gasteiger partial charge < -0.3 is 8.60 Å². The zero-order valence-corrected chi connectivity index (χ0v) is 18.2. The van der Waals surface area contributed by atoms with Crippen molar-refractivity contribution in [2.75, 3.05) is 5.75 Å². The van der Waals surface area contributed by atoms with Gasteiger partial charge in [-0.15, -0.1) is 0 Å². The van der Waals surface area contributed by atoms with Gasteiger partial charge in [0.15, 0.2) is 5.58 Å². The fraction of sp³-hybridized carbons (Fsp3) is 0.0455. The van der Waals surface area contributed by atoms with Crippen LogP contribution in [0.2, 0.25) is 0 Å². The fourth-order valence-corrected chi connectivity index (χ4v) is 4.20. The molecule has 0 aliphatic rings. The molecule has 1 amide bonds. The topological polar surface area (TPSA) is 111 Å². The molecule has 8 nitrogen and oxygen atoms in total. The van der Waals surface area contributed by atoms with Crippen molar-refractivity contribution < 1.29 is 21.8 Å². The maximum Gasteiger partial charge on any atom is 0.339 e. The normalized spacial score (nSPS) is 11.6. The zero-order valence-electron chi connectivity index (χ0n) is 16.5. The summed E-state index contributed by atoms with van der Waals surface area (Å²) in [5.74, 6) is -0.0546. The van der Waals surface area contributed by atoms with E-state index < -0.39 is 10.1 Å². The maximum absolute atomic E-state index is 12.2. The van der Waals surface area contributed by atoms with Gasteiger partial charge in [-0.1, -0.05) is 42.1 Å². The number of nitrogens with zero attached hydrogens (tertiary/aromatic N) is 2. The molecule has 1 N–H and O–H groups in total. The molecule has 0 saturated heterocycles. The van der Waals surface area contributed by atoms with Crippen LogP contribution in [-0.4, -0.2) is 31.3 Å². The van der Waals surface area contributed by atoms with Gasteiger partial charge in [-0.05, 0) is 54.1 Å². The number of amides is 1. The van der Waals surface area contributed by atoms with Crippen LogP contribution in [0.15, 0.2) is 98.5 Å². The third-order valence-electron chi connectivity index (χ3n) is 4.12. The number of carbonyl (C=O) groups excluding carboxylic acids is 1. The van der Waals surface area contributed by atoms with E-state index in [2.05, 4.69) is 15.5 Å². The van der Waals surface area contributed by atoms with E-state index >= 15 is 0 Å². The molecule has 0 unspecified atom stereocenters. The number of aromatic nitrogens is 1. The van der Waals surface area contributed by atoms with Crippen LogP contribution >= 0.6 is 11.8 Å². The van der Waals surface area contributed by atoms with E-state index in [1.165, 1.54) is 42.2 Å².